The van der Waals surface area contributed by atoms with Crippen molar-refractivity contribution in [2.45, 2.75) is 6.18 Å². The van der Waals surface area contributed by atoms with Crippen molar-refractivity contribution in [2.75, 3.05) is 10.6 Å². The minimum Gasteiger partial charge on any atom is -0.338 e. The molecule has 4 aromatic rings. The Bertz CT molecular complexity index is 1120. The van der Waals surface area contributed by atoms with Crippen LogP contribution in [0.2, 0.25) is 5.02 Å². The van der Waals surface area contributed by atoms with Crippen molar-refractivity contribution in [1.29, 1.82) is 0 Å². The molecule has 0 aliphatic carbocycles. The van der Waals surface area contributed by atoms with Gasteiger partial charge in [-0.3, -0.25) is 0 Å². The Balaban J connectivity index is 1.61. The molecular formula is C18H12ClF3N6. The van der Waals surface area contributed by atoms with Gasteiger partial charge in [0.2, 0.25) is 5.95 Å². The van der Waals surface area contributed by atoms with Gasteiger partial charge in [-0.15, -0.1) is 0 Å². The van der Waals surface area contributed by atoms with Crippen molar-refractivity contribution in [3.63, 3.8) is 0 Å². The first-order chi connectivity index (χ1) is 13.4. The van der Waals surface area contributed by atoms with E-state index in [2.05, 4.69) is 30.6 Å². The molecule has 4 rings (SSSR count). The van der Waals surface area contributed by atoms with Gasteiger partial charge in [0.1, 0.15) is 11.8 Å². The number of aromatic amines is 1. The van der Waals surface area contributed by atoms with E-state index in [-0.39, 0.29) is 0 Å². The Kier molecular flexibility index (Phi) is 4.52. The number of benzene rings is 2. The molecule has 142 valence electrons. The molecule has 0 unspecified atom stereocenters. The van der Waals surface area contributed by atoms with E-state index < -0.39 is 11.7 Å². The van der Waals surface area contributed by atoms with E-state index in [0.29, 0.717) is 39.3 Å². The quantitative estimate of drug-likeness (QED) is 0.418. The van der Waals surface area contributed by atoms with Crippen LogP contribution in [0.15, 0.2) is 54.9 Å². The van der Waals surface area contributed by atoms with Gasteiger partial charge in [-0.1, -0.05) is 23.7 Å². The van der Waals surface area contributed by atoms with E-state index in [0.717, 1.165) is 12.1 Å². The maximum atomic E-state index is 12.7. The molecule has 0 radical (unpaired) electrons. The highest BCUT2D eigenvalue weighted by Crippen LogP contribution is 2.31. The van der Waals surface area contributed by atoms with Crippen LogP contribution in [0, 0.1) is 0 Å². The number of nitrogens with zero attached hydrogens (tertiary/aromatic N) is 3. The van der Waals surface area contributed by atoms with Crippen LogP contribution in [0.5, 0.6) is 0 Å². The number of alkyl halides is 3. The van der Waals surface area contributed by atoms with E-state index in [1.165, 1.54) is 18.5 Å². The molecule has 0 bridgehead atoms. The predicted octanol–water partition coefficient (Wildman–Crippen LogP) is 5.51. The summed E-state index contributed by atoms with van der Waals surface area (Å²) in [4.78, 5) is 15.6. The van der Waals surface area contributed by atoms with Gasteiger partial charge in [-0.2, -0.15) is 18.2 Å². The Labute approximate surface area is 161 Å². The molecule has 0 atom stereocenters. The number of imidazole rings is 1. The summed E-state index contributed by atoms with van der Waals surface area (Å²) in [6, 6.07) is 11.8. The van der Waals surface area contributed by atoms with Gasteiger partial charge < -0.3 is 15.6 Å². The smallest absolute Gasteiger partial charge is 0.338 e. The molecule has 0 spiro atoms. The number of rotatable bonds is 4. The number of nitrogens with one attached hydrogen (secondary N) is 3. The normalized spacial score (nSPS) is 11.6. The summed E-state index contributed by atoms with van der Waals surface area (Å²) in [5.74, 6) is 0.781. The monoisotopic (exact) mass is 404 g/mol. The Morgan fingerprint density at radius 2 is 1.68 bits per heavy atom. The van der Waals surface area contributed by atoms with Crippen LogP contribution in [0.3, 0.4) is 0 Å². The standard InChI is InChI=1S/C18H12ClF3N6/c19-12-3-1-2-4-13(12)26-17-27-14-15(23-9-24-16(14)28-17)25-11-7-5-10(6-8-11)18(20,21)22/h1-9H,(H3,23,24,25,26,27,28). The first kappa shape index (κ1) is 18.1. The van der Waals surface area contributed by atoms with Crippen LogP contribution < -0.4 is 10.6 Å². The lowest BCUT2D eigenvalue weighted by atomic mass is 10.2. The third-order valence-corrected chi connectivity index (χ3v) is 4.22. The average molecular weight is 405 g/mol. The van der Waals surface area contributed by atoms with Crippen molar-refractivity contribution in [3.05, 3.63) is 65.4 Å². The molecule has 6 nitrogen and oxygen atoms in total. The summed E-state index contributed by atoms with van der Waals surface area (Å²) in [6.07, 6.45) is -3.07. The second-order valence-corrected chi connectivity index (χ2v) is 6.22. The molecule has 0 aliphatic rings. The van der Waals surface area contributed by atoms with Crippen LogP contribution in [-0.2, 0) is 6.18 Å². The average Bonchev–Trinajstić information content (AvgIpc) is 3.07. The molecule has 0 amide bonds. The molecule has 0 saturated carbocycles. The lowest BCUT2D eigenvalue weighted by Gasteiger charge is -2.09. The third-order valence-electron chi connectivity index (χ3n) is 3.89. The van der Waals surface area contributed by atoms with Gasteiger partial charge >= 0.3 is 6.18 Å². The van der Waals surface area contributed by atoms with Crippen LogP contribution in [0.1, 0.15) is 5.56 Å². The Morgan fingerprint density at radius 3 is 2.39 bits per heavy atom. The van der Waals surface area contributed by atoms with Crippen molar-refractivity contribution in [1.82, 2.24) is 19.9 Å². The molecule has 2 heterocycles. The minimum absolute atomic E-state index is 0.379. The van der Waals surface area contributed by atoms with Crippen molar-refractivity contribution in [3.8, 4) is 0 Å². The first-order valence-corrected chi connectivity index (χ1v) is 8.44. The van der Waals surface area contributed by atoms with E-state index >= 15 is 0 Å². The van der Waals surface area contributed by atoms with Crippen molar-refractivity contribution in [2.24, 2.45) is 0 Å². The van der Waals surface area contributed by atoms with E-state index in [1.54, 1.807) is 12.1 Å². The Hall–Kier alpha value is -3.33. The number of fused-ring (bicyclic) bond motifs is 1. The number of hydrogen-bond acceptors (Lipinski definition) is 5. The van der Waals surface area contributed by atoms with Crippen LogP contribution in [0.25, 0.3) is 11.2 Å². The molecule has 0 fully saturated rings. The highest BCUT2D eigenvalue weighted by molar-refractivity contribution is 6.33. The zero-order valence-electron chi connectivity index (χ0n) is 14.0. The van der Waals surface area contributed by atoms with Crippen LogP contribution >= 0.6 is 11.6 Å². The largest absolute Gasteiger partial charge is 0.416 e. The second kappa shape index (κ2) is 7.01. The third kappa shape index (κ3) is 3.70. The number of para-hydroxylation sites is 1. The first-order valence-electron chi connectivity index (χ1n) is 8.07. The van der Waals surface area contributed by atoms with Gasteiger partial charge in [-0.05, 0) is 36.4 Å². The molecule has 3 N–H and O–H groups in total. The zero-order valence-corrected chi connectivity index (χ0v) is 14.8. The fourth-order valence-corrected chi connectivity index (χ4v) is 2.73. The number of anilines is 4. The summed E-state index contributed by atoms with van der Waals surface area (Å²) in [5, 5.41) is 6.55. The maximum Gasteiger partial charge on any atom is 0.416 e. The van der Waals surface area contributed by atoms with Gasteiger partial charge in [0.05, 0.1) is 16.3 Å². The number of aromatic nitrogens is 4. The fourth-order valence-electron chi connectivity index (χ4n) is 2.55. The lowest BCUT2D eigenvalue weighted by molar-refractivity contribution is -0.137. The summed E-state index contributed by atoms with van der Waals surface area (Å²) < 4.78 is 38.1. The van der Waals surface area contributed by atoms with Gasteiger partial charge in [0.25, 0.3) is 0 Å². The molecule has 28 heavy (non-hydrogen) atoms. The molecule has 0 aliphatic heterocycles. The lowest BCUT2D eigenvalue weighted by Crippen LogP contribution is -2.04. The van der Waals surface area contributed by atoms with Gasteiger partial charge in [0, 0.05) is 5.69 Å². The maximum absolute atomic E-state index is 12.7. The van der Waals surface area contributed by atoms with E-state index in [4.69, 9.17) is 11.6 Å². The Morgan fingerprint density at radius 1 is 0.929 bits per heavy atom. The van der Waals surface area contributed by atoms with E-state index in [1.807, 2.05) is 12.1 Å². The van der Waals surface area contributed by atoms with Crippen LogP contribution in [0.4, 0.5) is 36.3 Å². The summed E-state index contributed by atoms with van der Waals surface area (Å²) >= 11 is 6.13. The fraction of sp³-hybridized carbons (Fsp3) is 0.0556. The molecule has 10 heteroatoms. The topological polar surface area (TPSA) is 78.5 Å². The summed E-state index contributed by atoms with van der Waals surface area (Å²) in [5.41, 5.74) is 1.27. The summed E-state index contributed by atoms with van der Waals surface area (Å²) in [7, 11) is 0. The number of hydrogen-bond donors (Lipinski definition) is 3. The molecule has 0 saturated heterocycles. The van der Waals surface area contributed by atoms with Crippen LogP contribution in [-0.4, -0.2) is 19.9 Å². The van der Waals surface area contributed by atoms with E-state index in [9.17, 15) is 13.2 Å². The van der Waals surface area contributed by atoms with Crippen molar-refractivity contribution < 1.29 is 13.2 Å². The SMILES string of the molecule is FC(F)(F)c1ccc(Nc2ncnc3nc(Nc4ccccc4Cl)[nH]c23)cc1. The zero-order chi connectivity index (χ0) is 19.7. The van der Waals surface area contributed by atoms with Gasteiger partial charge in [-0.25, -0.2) is 9.97 Å². The molecule has 2 aromatic carbocycles. The molecule has 2 aromatic heterocycles. The van der Waals surface area contributed by atoms with Crippen molar-refractivity contribution >= 4 is 45.9 Å². The summed E-state index contributed by atoms with van der Waals surface area (Å²) in [6.45, 7) is 0. The number of halogens is 4. The second-order valence-electron chi connectivity index (χ2n) is 5.81. The number of H-pyrrole nitrogens is 1. The highest BCUT2D eigenvalue weighted by Gasteiger charge is 2.29. The van der Waals surface area contributed by atoms with Gasteiger partial charge in [0.15, 0.2) is 11.5 Å². The predicted molar refractivity (Wildman–Crippen MR) is 101 cm³/mol. The molecular weight excluding hydrogens is 393 g/mol. The highest BCUT2D eigenvalue weighted by atomic mass is 35.5. The minimum atomic E-state index is -4.39.